The normalized spacial score (nSPS) is 12.8. The highest BCUT2D eigenvalue weighted by Crippen LogP contribution is 2.29. The van der Waals surface area contributed by atoms with Crippen LogP contribution in [0.15, 0.2) is 18.2 Å². The number of aryl methyl sites for hydroxylation is 1. The fourth-order valence-corrected chi connectivity index (χ4v) is 1.97. The fourth-order valence-electron chi connectivity index (χ4n) is 1.97. The highest BCUT2D eigenvalue weighted by molar-refractivity contribution is 5.38. The first-order chi connectivity index (χ1) is 8.04. The zero-order chi connectivity index (χ0) is 12.8. The molecule has 1 N–H and O–H groups in total. The maximum atomic E-state index is 10.2. The van der Waals surface area contributed by atoms with E-state index in [2.05, 4.69) is 13.8 Å². The van der Waals surface area contributed by atoms with Crippen molar-refractivity contribution >= 4 is 0 Å². The van der Waals surface area contributed by atoms with E-state index in [0.717, 1.165) is 36.1 Å². The van der Waals surface area contributed by atoms with E-state index in [1.54, 1.807) is 7.11 Å². The smallest absolute Gasteiger partial charge is 0.124 e. The molecule has 0 saturated carbocycles. The number of benzene rings is 1. The van der Waals surface area contributed by atoms with Crippen LogP contribution in [-0.4, -0.2) is 12.2 Å². The van der Waals surface area contributed by atoms with Crippen molar-refractivity contribution in [2.45, 2.75) is 46.1 Å². The van der Waals surface area contributed by atoms with Crippen molar-refractivity contribution in [3.05, 3.63) is 29.3 Å². The topological polar surface area (TPSA) is 29.5 Å². The van der Waals surface area contributed by atoms with Crippen molar-refractivity contribution in [1.29, 1.82) is 0 Å². The minimum absolute atomic E-state index is 0.413. The second-order valence-electron chi connectivity index (χ2n) is 5.09. The van der Waals surface area contributed by atoms with Gasteiger partial charge in [0.05, 0.1) is 13.2 Å². The maximum absolute atomic E-state index is 10.2. The Morgan fingerprint density at radius 3 is 2.53 bits per heavy atom. The SMILES string of the molecule is COc1cc(C)ccc1C(O)CCCC(C)C. The summed E-state index contributed by atoms with van der Waals surface area (Å²) >= 11 is 0. The van der Waals surface area contributed by atoms with Crippen molar-refractivity contribution in [3.8, 4) is 5.75 Å². The van der Waals surface area contributed by atoms with Gasteiger partial charge in [0.1, 0.15) is 5.75 Å². The summed E-state index contributed by atoms with van der Waals surface area (Å²) in [6.07, 6.45) is 2.60. The predicted octanol–water partition coefficient (Wildman–Crippen LogP) is 3.86. The molecule has 17 heavy (non-hydrogen) atoms. The van der Waals surface area contributed by atoms with E-state index in [9.17, 15) is 5.11 Å². The molecule has 1 unspecified atom stereocenters. The number of hydrogen-bond acceptors (Lipinski definition) is 2. The molecule has 0 saturated heterocycles. The van der Waals surface area contributed by atoms with Crippen molar-refractivity contribution in [1.82, 2.24) is 0 Å². The van der Waals surface area contributed by atoms with Gasteiger partial charge in [0.15, 0.2) is 0 Å². The van der Waals surface area contributed by atoms with Crippen molar-refractivity contribution in [3.63, 3.8) is 0 Å². The van der Waals surface area contributed by atoms with E-state index in [4.69, 9.17) is 4.74 Å². The Kier molecular flexibility index (Phi) is 5.49. The first-order valence-corrected chi connectivity index (χ1v) is 6.37. The Morgan fingerprint density at radius 1 is 1.24 bits per heavy atom. The monoisotopic (exact) mass is 236 g/mol. The number of hydrogen-bond donors (Lipinski definition) is 1. The first kappa shape index (κ1) is 14.0. The molecule has 2 nitrogen and oxygen atoms in total. The van der Waals surface area contributed by atoms with Gasteiger partial charge in [-0.05, 0) is 30.9 Å². The number of ether oxygens (including phenoxy) is 1. The van der Waals surface area contributed by atoms with E-state index < -0.39 is 6.10 Å². The summed E-state index contributed by atoms with van der Waals surface area (Å²) in [7, 11) is 1.65. The van der Waals surface area contributed by atoms with Gasteiger partial charge in [0.25, 0.3) is 0 Å². The van der Waals surface area contributed by atoms with Gasteiger partial charge in [-0.15, -0.1) is 0 Å². The molecule has 0 aliphatic rings. The molecule has 0 aliphatic heterocycles. The number of rotatable bonds is 6. The molecule has 1 aromatic carbocycles. The maximum Gasteiger partial charge on any atom is 0.124 e. The van der Waals surface area contributed by atoms with Gasteiger partial charge in [-0.25, -0.2) is 0 Å². The number of aliphatic hydroxyl groups is 1. The standard InChI is InChI=1S/C15H24O2/c1-11(2)6-5-7-14(16)13-9-8-12(3)10-15(13)17-4/h8-11,14,16H,5-7H2,1-4H3. The molecule has 0 fully saturated rings. The molecule has 0 heterocycles. The summed E-state index contributed by atoms with van der Waals surface area (Å²) in [4.78, 5) is 0. The Balaban J connectivity index is 2.64. The average Bonchev–Trinajstić information content (AvgIpc) is 2.28. The van der Waals surface area contributed by atoms with E-state index in [-0.39, 0.29) is 0 Å². The van der Waals surface area contributed by atoms with Gasteiger partial charge in [-0.2, -0.15) is 0 Å². The van der Waals surface area contributed by atoms with Crippen LogP contribution in [0.5, 0.6) is 5.75 Å². The zero-order valence-electron chi connectivity index (χ0n) is 11.4. The van der Waals surface area contributed by atoms with Crippen LogP contribution in [-0.2, 0) is 0 Å². The lowest BCUT2D eigenvalue weighted by molar-refractivity contribution is 0.158. The molecule has 0 aliphatic carbocycles. The fraction of sp³-hybridized carbons (Fsp3) is 0.600. The largest absolute Gasteiger partial charge is 0.496 e. The van der Waals surface area contributed by atoms with Crippen LogP contribution in [0.1, 0.15) is 50.3 Å². The second kappa shape index (κ2) is 6.65. The van der Waals surface area contributed by atoms with Gasteiger partial charge in [-0.1, -0.05) is 38.8 Å². The first-order valence-electron chi connectivity index (χ1n) is 6.37. The molecule has 0 aromatic heterocycles. The third kappa shape index (κ3) is 4.39. The van der Waals surface area contributed by atoms with Gasteiger partial charge < -0.3 is 9.84 Å². The molecular weight excluding hydrogens is 212 g/mol. The molecular formula is C15H24O2. The van der Waals surface area contributed by atoms with Crippen molar-refractivity contribution in [2.24, 2.45) is 5.92 Å². The van der Waals surface area contributed by atoms with Crippen molar-refractivity contribution in [2.75, 3.05) is 7.11 Å². The summed E-state index contributed by atoms with van der Waals surface area (Å²) < 4.78 is 5.31. The van der Waals surface area contributed by atoms with Crippen LogP contribution < -0.4 is 4.74 Å². The van der Waals surface area contributed by atoms with Crippen LogP contribution in [0.25, 0.3) is 0 Å². The van der Waals surface area contributed by atoms with Crippen molar-refractivity contribution < 1.29 is 9.84 Å². The summed E-state index contributed by atoms with van der Waals surface area (Å²) in [6, 6.07) is 5.96. The molecule has 0 spiro atoms. The Morgan fingerprint density at radius 2 is 1.94 bits per heavy atom. The van der Waals surface area contributed by atoms with Gasteiger partial charge >= 0.3 is 0 Å². The van der Waals surface area contributed by atoms with Gasteiger partial charge in [0.2, 0.25) is 0 Å². The van der Waals surface area contributed by atoms with Gasteiger partial charge in [0, 0.05) is 5.56 Å². The highest BCUT2D eigenvalue weighted by Gasteiger charge is 2.13. The molecule has 1 rings (SSSR count). The number of methoxy groups -OCH3 is 1. The minimum atomic E-state index is -0.413. The Hall–Kier alpha value is -1.02. The van der Waals surface area contributed by atoms with Crippen LogP contribution in [0.3, 0.4) is 0 Å². The lowest BCUT2D eigenvalue weighted by atomic mass is 9.99. The van der Waals surface area contributed by atoms with E-state index in [0.29, 0.717) is 5.92 Å². The molecule has 0 bridgehead atoms. The van der Waals surface area contributed by atoms with Gasteiger partial charge in [-0.3, -0.25) is 0 Å². The average molecular weight is 236 g/mol. The van der Waals surface area contributed by atoms with Crippen LogP contribution in [0, 0.1) is 12.8 Å². The highest BCUT2D eigenvalue weighted by atomic mass is 16.5. The lowest BCUT2D eigenvalue weighted by Crippen LogP contribution is -2.02. The molecule has 0 radical (unpaired) electrons. The minimum Gasteiger partial charge on any atom is -0.496 e. The second-order valence-corrected chi connectivity index (χ2v) is 5.09. The van der Waals surface area contributed by atoms with E-state index in [1.165, 1.54) is 0 Å². The number of aliphatic hydroxyl groups excluding tert-OH is 1. The Labute approximate surface area is 105 Å². The van der Waals surface area contributed by atoms with E-state index >= 15 is 0 Å². The summed E-state index contributed by atoms with van der Waals surface area (Å²) in [5, 5.41) is 10.2. The molecule has 1 atom stereocenters. The molecule has 96 valence electrons. The van der Waals surface area contributed by atoms with Crippen LogP contribution in [0.2, 0.25) is 0 Å². The van der Waals surface area contributed by atoms with Crippen LogP contribution in [0.4, 0.5) is 0 Å². The molecule has 0 amide bonds. The van der Waals surface area contributed by atoms with Crippen LogP contribution >= 0.6 is 0 Å². The zero-order valence-corrected chi connectivity index (χ0v) is 11.4. The quantitative estimate of drug-likeness (QED) is 0.812. The summed E-state index contributed by atoms with van der Waals surface area (Å²) in [5.74, 6) is 1.49. The Bertz CT molecular complexity index is 345. The lowest BCUT2D eigenvalue weighted by Gasteiger charge is -2.15. The predicted molar refractivity (Wildman–Crippen MR) is 71.4 cm³/mol. The third-order valence-corrected chi connectivity index (χ3v) is 3.01. The summed E-state index contributed by atoms with van der Waals surface area (Å²) in [6.45, 7) is 6.44. The van der Waals surface area contributed by atoms with E-state index in [1.807, 2.05) is 25.1 Å². The molecule has 2 heteroatoms. The third-order valence-electron chi connectivity index (χ3n) is 3.01. The molecule has 1 aromatic rings. The summed E-state index contributed by atoms with van der Waals surface area (Å²) in [5.41, 5.74) is 2.06.